The van der Waals surface area contributed by atoms with Gasteiger partial charge in [-0.25, -0.2) is 0 Å². The number of fused-ring (bicyclic) bond motifs is 2. The minimum Gasteiger partial charge on any atom is -0.300 e. The number of piperidine rings is 2. The number of hydrogen-bond acceptors (Lipinski definition) is 3. The predicted molar refractivity (Wildman–Crippen MR) is 74.6 cm³/mol. The molecule has 2 bridgehead atoms. The lowest BCUT2D eigenvalue weighted by molar-refractivity contribution is -0.128. The monoisotopic (exact) mass is 255 g/mol. The number of nitrogens with zero attached hydrogens (tertiary/aromatic N) is 1. The fraction of sp³-hybridized carbons (Fsp3) is 0.929. The van der Waals surface area contributed by atoms with E-state index in [4.69, 9.17) is 0 Å². The summed E-state index contributed by atoms with van der Waals surface area (Å²) in [5.41, 5.74) is 0. The maximum atomic E-state index is 11.7. The third-order valence-electron chi connectivity index (χ3n) is 4.24. The smallest absolute Gasteiger partial charge is 0.136 e. The van der Waals surface area contributed by atoms with Crippen molar-refractivity contribution < 1.29 is 4.79 Å². The van der Waals surface area contributed by atoms with Crippen LogP contribution in [0.15, 0.2) is 0 Å². The Kier molecular flexibility index (Phi) is 4.92. The summed E-state index contributed by atoms with van der Waals surface area (Å²) in [5.74, 6) is 2.99. The molecule has 3 heteroatoms. The molecule has 2 aliphatic rings. The van der Waals surface area contributed by atoms with Crippen molar-refractivity contribution in [1.29, 1.82) is 0 Å². The van der Waals surface area contributed by atoms with Gasteiger partial charge in [0.05, 0.1) is 0 Å². The first-order valence-electron chi connectivity index (χ1n) is 7.09. The van der Waals surface area contributed by atoms with Crippen molar-refractivity contribution >= 4 is 17.5 Å². The summed E-state index contributed by atoms with van der Waals surface area (Å²) in [5, 5.41) is 0. The van der Waals surface area contributed by atoms with Gasteiger partial charge in [0.25, 0.3) is 0 Å². The summed E-state index contributed by atoms with van der Waals surface area (Å²) < 4.78 is 0. The van der Waals surface area contributed by atoms with Gasteiger partial charge < -0.3 is 0 Å². The quantitative estimate of drug-likeness (QED) is 0.704. The second-order valence-electron chi connectivity index (χ2n) is 5.47. The average Bonchev–Trinajstić information content (AvgIpc) is 2.27. The molecule has 2 aliphatic heterocycles. The molecule has 2 heterocycles. The van der Waals surface area contributed by atoms with Crippen LogP contribution < -0.4 is 0 Å². The maximum absolute atomic E-state index is 11.7. The van der Waals surface area contributed by atoms with E-state index in [1.165, 1.54) is 37.2 Å². The predicted octanol–water partition coefficient (Wildman–Crippen LogP) is 3.10. The Labute approximate surface area is 110 Å². The van der Waals surface area contributed by atoms with E-state index in [-0.39, 0.29) is 0 Å². The highest BCUT2D eigenvalue weighted by Gasteiger charge is 2.39. The van der Waals surface area contributed by atoms with Crippen LogP contribution in [-0.2, 0) is 4.79 Å². The summed E-state index contributed by atoms with van der Waals surface area (Å²) in [4.78, 5) is 14.4. The first kappa shape index (κ1) is 13.4. The van der Waals surface area contributed by atoms with Crippen molar-refractivity contribution in [3.63, 3.8) is 0 Å². The van der Waals surface area contributed by atoms with E-state index in [9.17, 15) is 4.79 Å². The minimum atomic E-state index is 0.506. The van der Waals surface area contributed by atoms with Gasteiger partial charge in [-0.2, -0.15) is 11.8 Å². The summed E-state index contributed by atoms with van der Waals surface area (Å²) in [6, 6.07) is 1.80. The maximum Gasteiger partial charge on any atom is 0.136 e. The molecular formula is C14H25NOS. The van der Waals surface area contributed by atoms with Gasteiger partial charge >= 0.3 is 0 Å². The molecule has 3 unspecified atom stereocenters. The molecule has 2 saturated heterocycles. The SMILES string of the molecule is CCSCCC(C)N1C2CCCC1CC(=O)C2. The van der Waals surface area contributed by atoms with E-state index in [2.05, 4.69) is 18.7 Å². The summed E-state index contributed by atoms with van der Waals surface area (Å²) in [7, 11) is 0. The Hall–Kier alpha value is -0.0200. The number of hydrogen-bond donors (Lipinski definition) is 0. The lowest BCUT2D eigenvalue weighted by atomic mass is 9.82. The highest BCUT2D eigenvalue weighted by atomic mass is 32.2. The Balaban J connectivity index is 1.92. The summed E-state index contributed by atoms with van der Waals surface area (Å²) >= 11 is 2.04. The Morgan fingerprint density at radius 1 is 1.35 bits per heavy atom. The van der Waals surface area contributed by atoms with Gasteiger partial charge in [-0.15, -0.1) is 0 Å². The van der Waals surface area contributed by atoms with E-state index in [1.54, 1.807) is 0 Å². The topological polar surface area (TPSA) is 20.3 Å². The van der Waals surface area contributed by atoms with Gasteiger partial charge in [0.2, 0.25) is 0 Å². The molecule has 17 heavy (non-hydrogen) atoms. The van der Waals surface area contributed by atoms with E-state index < -0.39 is 0 Å². The number of rotatable bonds is 5. The first-order chi connectivity index (χ1) is 8.22. The minimum absolute atomic E-state index is 0.506. The van der Waals surface area contributed by atoms with Crippen molar-refractivity contribution in [2.24, 2.45) is 0 Å². The Morgan fingerprint density at radius 2 is 2.00 bits per heavy atom. The van der Waals surface area contributed by atoms with Gasteiger partial charge in [-0.3, -0.25) is 9.69 Å². The third kappa shape index (κ3) is 3.25. The zero-order chi connectivity index (χ0) is 12.3. The Morgan fingerprint density at radius 3 is 2.59 bits per heavy atom. The average molecular weight is 255 g/mol. The first-order valence-corrected chi connectivity index (χ1v) is 8.24. The van der Waals surface area contributed by atoms with Crippen LogP contribution in [0.1, 0.15) is 52.4 Å². The highest BCUT2D eigenvalue weighted by molar-refractivity contribution is 7.99. The largest absolute Gasteiger partial charge is 0.300 e. The van der Waals surface area contributed by atoms with Crippen LogP contribution in [0.5, 0.6) is 0 Å². The van der Waals surface area contributed by atoms with Crippen LogP contribution in [0.3, 0.4) is 0 Å². The van der Waals surface area contributed by atoms with Crippen LogP contribution in [0, 0.1) is 0 Å². The van der Waals surface area contributed by atoms with Crippen LogP contribution >= 0.6 is 11.8 Å². The van der Waals surface area contributed by atoms with Crippen LogP contribution in [0.2, 0.25) is 0 Å². The van der Waals surface area contributed by atoms with Crippen molar-refractivity contribution in [3.8, 4) is 0 Å². The van der Waals surface area contributed by atoms with Gasteiger partial charge in [-0.05, 0) is 37.7 Å². The Bertz CT molecular complexity index is 253. The molecule has 0 saturated carbocycles. The molecule has 0 aliphatic carbocycles. The fourth-order valence-corrected chi connectivity index (χ4v) is 4.27. The van der Waals surface area contributed by atoms with E-state index in [0.717, 1.165) is 12.8 Å². The number of carbonyl (C=O) groups excluding carboxylic acids is 1. The van der Waals surface area contributed by atoms with E-state index in [0.29, 0.717) is 23.9 Å². The van der Waals surface area contributed by atoms with E-state index >= 15 is 0 Å². The lowest BCUT2D eigenvalue weighted by Gasteiger charge is -2.48. The van der Waals surface area contributed by atoms with E-state index in [1.807, 2.05) is 11.8 Å². The lowest BCUT2D eigenvalue weighted by Crippen LogP contribution is -2.55. The zero-order valence-corrected chi connectivity index (χ0v) is 12.0. The van der Waals surface area contributed by atoms with Crippen molar-refractivity contribution in [1.82, 2.24) is 4.90 Å². The van der Waals surface area contributed by atoms with Gasteiger partial charge in [0, 0.05) is 31.0 Å². The number of ketones is 1. The van der Waals surface area contributed by atoms with Gasteiger partial charge in [-0.1, -0.05) is 13.3 Å². The molecule has 0 N–H and O–H groups in total. The van der Waals surface area contributed by atoms with Crippen molar-refractivity contribution in [2.45, 2.75) is 70.5 Å². The van der Waals surface area contributed by atoms with Crippen LogP contribution in [0.25, 0.3) is 0 Å². The summed E-state index contributed by atoms with van der Waals surface area (Å²) in [6.45, 7) is 4.58. The molecule has 2 fully saturated rings. The van der Waals surface area contributed by atoms with Crippen molar-refractivity contribution in [3.05, 3.63) is 0 Å². The third-order valence-corrected chi connectivity index (χ3v) is 5.17. The molecule has 2 nitrogen and oxygen atoms in total. The molecule has 2 rings (SSSR count). The number of thioether (sulfide) groups is 1. The second-order valence-corrected chi connectivity index (χ2v) is 6.86. The van der Waals surface area contributed by atoms with Gasteiger partial charge in [0.15, 0.2) is 0 Å². The van der Waals surface area contributed by atoms with Crippen LogP contribution in [0.4, 0.5) is 0 Å². The highest BCUT2D eigenvalue weighted by Crippen LogP contribution is 2.34. The molecular weight excluding hydrogens is 230 g/mol. The van der Waals surface area contributed by atoms with Crippen molar-refractivity contribution in [2.75, 3.05) is 11.5 Å². The zero-order valence-electron chi connectivity index (χ0n) is 11.2. The second kappa shape index (κ2) is 6.24. The number of Topliss-reactive ketones (excluding diaryl/α,β-unsaturated/α-hetero) is 1. The number of carbonyl (C=O) groups is 1. The molecule has 3 atom stereocenters. The van der Waals surface area contributed by atoms with Gasteiger partial charge in [0.1, 0.15) is 5.78 Å². The molecule has 0 radical (unpaired) electrons. The summed E-state index contributed by atoms with van der Waals surface area (Å²) in [6.07, 6.45) is 6.74. The molecule has 0 aromatic carbocycles. The normalized spacial score (nSPS) is 31.5. The fourth-order valence-electron chi connectivity index (χ4n) is 3.48. The molecule has 0 aromatic heterocycles. The molecule has 0 amide bonds. The molecule has 98 valence electrons. The standard InChI is InChI=1S/C14H25NOS/c1-3-17-8-7-11(2)15-12-5-4-6-13(15)10-14(16)9-12/h11-13H,3-10H2,1-2H3. The molecule has 0 aromatic rings. The molecule has 0 spiro atoms. The van der Waals surface area contributed by atoms with Crippen LogP contribution in [-0.4, -0.2) is 40.3 Å².